The fraction of sp³-hybridized carbons (Fsp3) is 0.250. The van der Waals surface area contributed by atoms with Crippen molar-refractivity contribution in [2.45, 2.75) is 6.42 Å². The monoisotopic (exact) mass is 415 g/mol. The molecule has 3 aromatic rings. The topological polar surface area (TPSA) is 80.8 Å². The van der Waals surface area contributed by atoms with Gasteiger partial charge in [0.1, 0.15) is 17.3 Å². The summed E-state index contributed by atoms with van der Waals surface area (Å²) in [6.45, 7) is 0.229. The van der Waals surface area contributed by atoms with E-state index in [1.54, 1.807) is 31.4 Å². The van der Waals surface area contributed by atoms with Crippen LogP contribution in [0.4, 0.5) is 15.2 Å². The number of hydrogen-bond acceptors (Lipinski definition) is 6. The van der Waals surface area contributed by atoms with E-state index in [4.69, 9.17) is 9.47 Å². The molecule has 7 nitrogen and oxygen atoms in total. The number of nitrogens with zero attached hydrogens (tertiary/aromatic N) is 2. The molecule has 1 saturated heterocycles. The van der Waals surface area contributed by atoms with E-state index in [9.17, 15) is 14.0 Å². The van der Waals surface area contributed by atoms with Gasteiger partial charge in [0.2, 0.25) is 11.8 Å². The summed E-state index contributed by atoms with van der Waals surface area (Å²) >= 11 is 1.19. The molecule has 2 heterocycles. The van der Waals surface area contributed by atoms with Crippen LogP contribution in [0.15, 0.2) is 36.4 Å². The predicted molar refractivity (Wildman–Crippen MR) is 108 cm³/mol. The zero-order chi connectivity index (χ0) is 20.5. The number of thiazole rings is 1. The lowest BCUT2D eigenvalue weighted by atomic mass is 10.1. The van der Waals surface area contributed by atoms with Crippen LogP contribution in [0.1, 0.15) is 6.42 Å². The second-order valence-corrected chi connectivity index (χ2v) is 7.59. The molecule has 0 bridgehead atoms. The Balaban J connectivity index is 1.50. The van der Waals surface area contributed by atoms with Crippen LogP contribution in [0.5, 0.6) is 11.5 Å². The summed E-state index contributed by atoms with van der Waals surface area (Å²) in [5, 5.41) is 3.13. The average molecular weight is 415 g/mol. The van der Waals surface area contributed by atoms with Crippen molar-refractivity contribution in [2.24, 2.45) is 5.92 Å². The third-order valence-electron chi connectivity index (χ3n) is 4.75. The van der Waals surface area contributed by atoms with Crippen molar-refractivity contribution in [3.63, 3.8) is 0 Å². The summed E-state index contributed by atoms with van der Waals surface area (Å²) in [6.07, 6.45) is 0.0839. The Labute approximate surface area is 170 Å². The van der Waals surface area contributed by atoms with Crippen molar-refractivity contribution >= 4 is 44.2 Å². The van der Waals surface area contributed by atoms with Crippen LogP contribution in [0.25, 0.3) is 10.2 Å². The molecular weight excluding hydrogens is 397 g/mol. The largest absolute Gasteiger partial charge is 0.497 e. The SMILES string of the molecule is COc1ccc(N2C[C@@H](C(=O)Nc3nc4ccc(F)cc4s3)CC2=O)c(OC)c1. The van der Waals surface area contributed by atoms with Crippen molar-refractivity contribution in [2.75, 3.05) is 31.0 Å². The maximum Gasteiger partial charge on any atom is 0.231 e. The molecule has 29 heavy (non-hydrogen) atoms. The third-order valence-corrected chi connectivity index (χ3v) is 5.69. The highest BCUT2D eigenvalue weighted by Gasteiger charge is 2.36. The molecule has 0 spiro atoms. The zero-order valence-electron chi connectivity index (χ0n) is 15.8. The molecule has 1 aliphatic heterocycles. The van der Waals surface area contributed by atoms with Gasteiger partial charge in [0.15, 0.2) is 5.13 Å². The van der Waals surface area contributed by atoms with E-state index in [1.165, 1.54) is 35.5 Å². The van der Waals surface area contributed by atoms with Crippen LogP contribution >= 0.6 is 11.3 Å². The number of anilines is 2. The van der Waals surface area contributed by atoms with E-state index in [2.05, 4.69) is 10.3 Å². The molecule has 0 saturated carbocycles. The van der Waals surface area contributed by atoms with Crippen LogP contribution in [0.2, 0.25) is 0 Å². The number of halogens is 1. The molecule has 0 aliphatic carbocycles. The smallest absolute Gasteiger partial charge is 0.231 e. The molecule has 150 valence electrons. The molecule has 1 fully saturated rings. The molecule has 1 aliphatic rings. The molecule has 4 rings (SSSR count). The Morgan fingerprint density at radius 3 is 2.83 bits per heavy atom. The number of fused-ring (bicyclic) bond motifs is 1. The van der Waals surface area contributed by atoms with Crippen LogP contribution in [-0.2, 0) is 9.59 Å². The number of ether oxygens (including phenoxy) is 2. The van der Waals surface area contributed by atoms with E-state index in [-0.39, 0.29) is 30.6 Å². The Kier molecular flexibility index (Phi) is 5.06. The van der Waals surface area contributed by atoms with Gasteiger partial charge >= 0.3 is 0 Å². The van der Waals surface area contributed by atoms with Gasteiger partial charge in [-0.05, 0) is 30.3 Å². The second-order valence-electron chi connectivity index (χ2n) is 6.56. The van der Waals surface area contributed by atoms with Gasteiger partial charge in [-0.1, -0.05) is 11.3 Å². The number of methoxy groups -OCH3 is 2. The zero-order valence-corrected chi connectivity index (χ0v) is 16.6. The average Bonchev–Trinajstić information content (AvgIpc) is 3.29. The minimum atomic E-state index is -0.530. The second kappa shape index (κ2) is 7.67. The number of hydrogen-bond donors (Lipinski definition) is 1. The summed E-state index contributed by atoms with van der Waals surface area (Å²) in [5.41, 5.74) is 1.20. The van der Waals surface area contributed by atoms with Gasteiger partial charge in [0, 0.05) is 19.0 Å². The number of nitrogens with one attached hydrogen (secondary N) is 1. The molecule has 1 N–H and O–H groups in total. The minimum absolute atomic E-state index is 0.0839. The fourth-order valence-corrected chi connectivity index (χ4v) is 4.18. The van der Waals surface area contributed by atoms with E-state index in [0.717, 1.165) is 0 Å². The summed E-state index contributed by atoms with van der Waals surface area (Å²) < 4.78 is 24.5. The van der Waals surface area contributed by atoms with Gasteiger partial charge in [-0.15, -0.1) is 0 Å². The van der Waals surface area contributed by atoms with Crippen LogP contribution in [0.3, 0.4) is 0 Å². The number of benzene rings is 2. The lowest BCUT2D eigenvalue weighted by molar-refractivity contribution is -0.122. The van der Waals surface area contributed by atoms with Gasteiger partial charge in [0.25, 0.3) is 0 Å². The number of carbonyl (C=O) groups is 2. The van der Waals surface area contributed by atoms with Crippen molar-refractivity contribution < 1.29 is 23.5 Å². The predicted octanol–water partition coefficient (Wildman–Crippen LogP) is 3.44. The van der Waals surface area contributed by atoms with Crippen LogP contribution in [0, 0.1) is 11.7 Å². The Morgan fingerprint density at radius 1 is 1.24 bits per heavy atom. The van der Waals surface area contributed by atoms with E-state index < -0.39 is 5.92 Å². The summed E-state index contributed by atoms with van der Waals surface area (Å²) in [7, 11) is 3.06. The van der Waals surface area contributed by atoms with Crippen molar-refractivity contribution in [1.82, 2.24) is 4.98 Å². The first-order valence-corrected chi connectivity index (χ1v) is 9.69. The van der Waals surface area contributed by atoms with E-state index >= 15 is 0 Å². The Morgan fingerprint density at radius 2 is 2.07 bits per heavy atom. The molecule has 0 unspecified atom stereocenters. The fourth-order valence-electron chi connectivity index (χ4n) is 3.28. The van der Waals surface area contributed by atoms with Crippen molar-refractivity contribution in [3.05, 3.63) is 42.2 Å². The van der Waals surface area contributed by atoms with Gasteiger partial charge < -0.3 is 19.7 Å². The standard InChI is InChI=1S/C20H18FN3O4S/c1-27-13-4-6-15(16(9-13)28-2)24-10-11(7-18(24)25)19(26)23-20-22-14-5-3-12(21)8-17(14)29-20/h3-6,8-9,11H,7,10H2,1-2H3,(H,22,23,26)/t11-/m0/s1. The van der Waals surface area contributed by atoms with Crippen LogP contribution in [-0.4, -0.2) is 37.6 Å². The van der Waals surface area contributed by atoms with Gasteiger partial charge in [-0.3, -0.25) is 9.59 Å². The Hall–Kier alpha value is -3.20. The van der Waals surface area contributed by atoms with E-state index in [0.29, 0.717) is 32.5 Å². The molecule has 2 aromatic carbocycles. The maximum atomic E-state index is 13.3. The molecule has 1 aromatic heterocycles. The van der Waals surface area contributed by atoms with Crippen LogP contribution < -0.4 is 19.7 Å². The quantitative estimate of drug-likeness (QED) is 0.690. The number of aromatic nitrogens is 1. The summed E-state index contributed by atoms with van der Waals surface area (Å²) in [6, 6.07) is 9.42. The first-order valence-electron chi connectivity index (χ1n) is 8.88. The summed E-state index contributed by atoms with van der Waals surface area (Å²) in [5.74, 6) is -0.249. The highest BCUT2D eigenvalue weighted by atomic mass is 32.1. The van der Waals surface area contributed by atoms with Gasteiger partial charge in [0.05, 0.1) is 36.0 Å². The molecule has 9 heteroatoms. The molecule has 2 amide bonds. The molecule has 0 radical (unpaired) electrons. The van der Waals surface area contributed by atoms with Crippen molar-refractivity contribution in [3.8, 4) is 11.5 Å². The normalized spacial score (nSPS) is 16.3. The van der Waals surface area contributed by atoms with Gasteiger partial charge in [-0.25, -0.2) is 9.37 Å². The first-order chi connectivity index (χ1) is 14.0. The highest BCUT2D eigenvalue weighted by Crippen LogP contribution is 2.36. The maximum absolute atomic E-state index is 13.3. The molecule has 1 atom stereocenters. The number of carbonyl (C=O) groups excluding carboxylic acids is 2. The lowest BCUT2D eigenvalue weighted by Gasteiger charge is -2.20. The number of amides is 2. The lowest BCUT2D eigenvalue weighted by Crippen LogP contribution is -2.28. The van der Waals surface area contributed by atoms with Crippen molar-refractivity contribution in [1.29, 1.82) is 0 Å². The Bertz CT molecular complexity index is 1100. The minimum Gasteiger partial charge on any atom is -0.497 e. The van der Waals surface area contributed by atoms with Gasteiger partial charge in [-0.2, -0.15) is 0 Å². The van der Waals surface area contributed by atoms with E-state index in [1.807, 2.05) is 0 Å². The molecular formula is C20H18FN3O4S. The first kappa shape index (κ1) is 19.1. The highest BCUT2D eigenvalue weighted by molar-refractivity contribution is 7.22. The summed E-state index contributed by atoms with van der Waals surface area (Å²) in [4.78, 5) is 31.1. The number of rotatable bonds is 5. The third kappa shape index (κ3) is 3.73.